The zero-order valence-corrected chi connectivity index (χ0v) is 19.8. The predicted molar refractivity (Wildman–Crippen MR) is 140 cm³/mol. The second kappa shape index (κ2) is 10.8. The van der Waals surface area contributed by atoms with Gasteiger partial charge in [-0.05, 0) is 23.3 Å². The van der Waals surface area contributed by atoms with E-state index in [1.807, 2.05) is 12.1 Å². The van der Waals surface area contributed by atoms with Gasteiger partial charge in [-0.15, -0.1) is 0 Å². The van der Waals surface area contributed by atoms with Gasteiger partial charge in [0.15, 0.2) is 11.6 Å². The van der Waals surface area contributed by atoms with E-state index in [0.29, 0.717) is 23.0 Å². The Morgan fingerprint density at radius 3 is 2.06 bits per heavy atom. The minimum absolute atomic E-state index is 0.177. The number of pyridine rings is 1. The number of hydrazine groups is 1. The number of nitrogens with two attached hydrogens (primary N) is 1. The zero-order valence-electron chi connectivity index (χ0n) is 19.8. The van der Waals surface area contributed by atoms with Crippen molar-refractivity contribution in [1.82, 2.24) is 25.3 Å². The molecule has 1 saturated heterocycles. The summed E-state index contributed by atoms with van der Waals surface area (Å²) in [6.45, 7) is 3.21. The molecule has 0 unspecified atom stereocenters. The molecule has 36 heavy (non-hydrogen) atoms. The first-order valence-electron chi connectivity index (χ1n) is 11.9. The molecular weight excluding hydrogens is 452 g/mol. The number of piperazine rings is 1. The number of nitrogens with zero attached hydrogens (tertiary/aromatic N) is 5. The summed E-state index contributed by atoms with van der Waals surface area (Å²) < 4.78 is 0. The molecule has 0 saturated carbocycles. The lowest BCUT2D eigenvalue weighted by Gasteiger charge is -2.40. The highest BCUT2D eigenvalue weighted by Gasteiger charge is 2.28. The molecule has 1 amide bonds. The summed E-state index contributed by atoms with van der Waals surface area (Å²) in [5, 5.41) is 0. The molecular formula is C27H28N8O. The summed E-state index contributed by atoms with van der Waals surface area (Å²) in [6.07, 6.45) is 3.01. The Bertz CT molecular complexity index is 1240. The first kappa shape index (κ1) is 23.3. The first-order chi connectivity index (χ1) is 17.7. The van der Waals surface area contributed by atoms with Crippen molar-refractivity contribution in [1.29, 1.82) is 0 Å². The molecule has 0 aliphatic carbocycles. The summed E-state index contributed by atoms with van der Waals surface area (Å²) >= 11 is 0. The van der Waals surface area contributed by atoms with Crippen molar-refractivity contribution in [2.75, 3.05) is 42.2 Å². The summed E-state index contributed by atoms with van der Waals surface area (Å²) in [5.74, 6) is 0.616. The quantitative estimate of drug-likeness (QED) is 0.346. The van der Waals surface area contributed by atoms with Crippen LogP contribution in [0.25, 0.3) is 0 Å². The zero-order chi connectivity index (χ0) is 24.7. The number of anilines is 3. The lowest BCUT2D eigenvalue weighted by molar-refractivity contribution is 0.0957. The molecule has 1 aliphatic rings. The second-order valence-electron chi connectivity index (χ2n) is 8.50. The van der Waals surface area contributed by atoms with Crippen molar-refractivity contribution in [2.45, 2.75) is 6.04 Å². The molecule has 2 aromatic carbocycles. The number of rotatable bonds is 7. The molecule has 5 rings (SSSR count). The Labute approximate surface area is 210 Å². The van der Waals surface area contributed by atoms with Crippen molar-refractivity contribution in [3.8, 4) is 0 Å². The molecule has 1 aliphatic heterocycles. The van der Waals surface area contributed by atoms with Crippen LogP contribution in [0, 0.1) is 0 Å². The van der Waals surface area contributed by atoms with Gasteiger partial charge in [0.05, 0.1) is 6.04 Å². The Morgan fingerprint density at radius 2 is 1.44 bits per heavy atom. The van der Waals surface area contributed by atoms with Gasteiger partial charge < -0.3 is 10.6 Å². The highest BCUT2D eigenvalue weighted by atomic mass is 16.2. The maximum absolute atomic E-state index is 12.3. The number of nitrogens with one attached hydrogen (secondary N) is 2. The molecule has 0 atom stereocenters. The molecule has 2 aromatic heterocycles. The van der Waals surface area contributed by atoms with Crippen LogP contribution in [0.2, 0.25) is 0 Å². The maximum atomic E-state index is 12.3. The van der Waals surface area contributed by atoms with Crippen molar-refractivity contribution in [3.63, 3.8) is 0 Å². The van der Waals surface area contributed by atoms with Crippen LogP contribution < -0.4 is 21.5 Å². The smallest absolute Gasteiger partial charge is 0.288 e. The average molecular weight is 481 g/mol. The Hall–Kier alpha value is -4.50. The topological polar surface area (TPSA) is 112 Å². The number of hydrogen-bond donors (Lipinski definition) is 3. The van der Waals surface area contributed by atoms with Gasteiger partial charge in [-0.3, -0.25) is 25.5 Å². The first-order valence-corrected chi connectivity index (χ1v) is 11.9. The number of aromatic nitrogens is 3. The summed E-state index contributed by atoms with van der Waals surface area (Å²) in [6, 6.07) is 26.5. The molecule has 9 nitrogen and oxygen atoms in total. The third-order valence-electron chi connectivity index (χ3n) is 6.26. The molecule has 1 fully saturated rings. The Morgan fingerprint density at radius 1 is 0.806 bits per heavy atom. The van der Waals surface area contributed by atoms with Gasteiger partial charge in [0, 0.05) is 32.4 Å². The van der Waals surface area contributed by atoms with Crippen LogP contribution in [0.4, 0.5) is 17.3 Å². The van der Waals surface area contributed by atoms with Crippen LogP contribution in [-0.4, -0.2) is 51.9 Å². The van der Waals surface area contributed by atoms with Crippen LogP contribution in [0.3, 0.4) is 0 Å². The van der Waals surface area contributed by atoms with Gasteiger partial charge in [-0.25, -0.2) is 9.97 Å². The van der Waals surface area contributed by atoms with E-state index in [9.17, 15) is 4.79 Å². The largest absolute Gasteiger partial charge is 0.393 e. The molecule has 0 spiro atoms. The van der Waals surface area contributed by atoms with E-state index in [1.165, 1.54) is 17.5 Å². The fraction of sp³-hybridized carbons (Fsp3) is 0.185. The molecule has 0 bridgehead atoms. The third-order valence-corrected chi connectivity index (χ3v) is 6.26. The molecule has 182 valence electrons. The van der Waals surface area contributed by atoms with Crippen molar-refractivity contribution < 1.29 is 4.79 Å². The number of hydrogen-bond acceptors (Lipinski definition) is 8. The highest BCUT2D eigenvalue weighted by Crippen LogP contribution is 2.32. The second-order valence-corrected chi connectivity index (χ2v) is 8.50. The summed E-state index contributed by atoms with van der Waals surface area (Å²) in [4.78, 5) is 29.6. The number of nitrogen functional groups attached to an aromatic ring is 1. The van der Waals surface area contributed by atoms with Gasteiger partial charge >= 0.3 is 0 Å². The van der Waals surface area contributed by atoms with Gasteiger partial charge in [0.1, 0.15) is 17.7 Å². The number of carbonyl (C=O) groups excluding carboxylic acids is 1. The number of carbonyl (C=O) groups is 1. The molecule has 0 radical (unpaired) electrons. The fourth-order valence-electron chi connectivity index (χ4n) is 4.49. The summed E-state index contributed by atoms with van der Waals surface area (Å²) in [5.41, 5.74) is 15.0. The van der Waals surface area contributed by atoms with Crippen LogP contribution >= 0.6 is 0 Å². The van der Waals surface area contributed by atoms with E-state index in [4.69, 9.17) is 5.73 Å². The number of amides is 1. The summed E-state index contributed by atoms with van der Waals surface area (Å²) in [7, 11) is 0. The predicted octanol–water partition coefficient (Wildman–Crippen LogP) is 3.12. The van der Waals surface area contributed by atoms with Crippen LogP contribution in [0.1, 0.15) is 27.7 Å². The van der Waals surface area contributed by atoms with Crippen molar-refractivity contribution >= 4 is 23.2 Å². The third kappa shape index (κ3) is 5.11. The normalized spacial score (nSPS) is 14.0. The fourth-order valence-corrected chi connectivity index (χ4v) is 4.49. The van der Waals surface area contributed by atoms with E-state index < -0.39 is 0 Å². The minimum Gasteiger partial charge on any atom is -0.393 e. The van der Waals surface area contributed by atoms with E-state index >= 15 is 0 Å². The highest BCUT2D eigenvalue weighted by molar-refractivity contribution is 5.93. The van der Waals surface area contributed by atoms with Gasteiger partial charge in [-0.2, -0.15) is 0 Å². The monoisotopic (exact) mass is 480 g/mol. The minimum atomic E-state index is -0.378. The Kier molecular flexibility index (Phi) is 7.00. The lowest BCUT2D eigenvalue weighted by Crippen LogP contribution is -2.48. The average Bonchev–Trinajstić information content (AvgIpc) is 2.95. The number of benzene rings is 2. The van der Waals surface area contributed by atoms with E-state index in [0.717, 1.165) is 26.2 Å². The van der Waals surface area contributed by atoms with Crippen LogP contribution in [0.15, 0.2) is 91.4 Å². The lowest BCUT2D eigenvalue weighted by atomic mass is 9.96. The van der Waals surface area contributed by atoms with Gasteiger partial charge in [0.25, 0.3) is 5.91 Å². The Balaban J connectivity index is 1.28. The molecule has 4 aromatic rings. The van der Waals surface area contributed by atoms with Crippen molar-refractivity contribution in [3.05, 3.63) is 108 Å². The van der Waals surface area contributed by atoms with E-state index in [-0.39, 0.29) is 11.9 Å². The van der Waals surface area contributed by atoms with Crippen molar-refractivity contribution in [2.24, 2.45) is 0 Å². The maximum Gasteiger partial charge on any atom is 0.288 e. The van der Waals surface area contributed by atoms with Crippen LogP contribution in [-0.2, 0) is 0 Å². The van der Waals surface area contributed by atoms with E-state index in [1.54, 1.807) is 24.4 Å². The molecule has 4 N–H and O–H groups in total. The van der Waals surface area contributed by atoms with Crippen LogP contribution in [0.5, 0.6) is 0 Å². The standard InChI is InChI=1S/C27H28N8O/c28-23-25(32-33-27(36)22-13-7-8-14-29-22)30-19-31-26(23)35-17-15-34(16-18-35)24(20-9-3-1-4-10-20)21-11-5-2-6-12-21/h1-14,19,24H,15-18,28H2,(H,33,36)(H,30,31,32). The molecule has 3 heterocycles. The van der Waals surface area contributed by atoms with Gasteiger partial charge in [-0.1, -0.05) is 66.7 Å². The SMILES string of the molecule is Nc1c(NNC(=O)c2ccccn2)ncnc1N1CCN(C(c2ccccc2)c2ccccc2)CC1. The van der Waals surface area contributed by atoms with E-state index in [2.05, 4.69) is 84.1 Å². The van der Waals surface area contributed by atoms with Gasteiger partial charge in [0.2, 0.25) is 0 Å². The molecule has 9 heteroatoms.